The van der Waals surface area contributed by atoms with Gasteiger partial charge in [-0.25, -0.2) is 19.6 Å². The number of nitrogens with one attached hydrogen (secondary N) is 3. The molecule has 1 aliphatic heterocycles. The molecule has 0 saturated carbocycles. The van der Waals surface area contributed by atoms with E-state index < -0.39 is 48.0 Å². The molecule has 0 bridgehead atoms. The SMILES string of the molecule is Nc1nc2ncc(CNc3ccc(C(=O)N[C@@H](CCC(=O)ON4C(=O)CCC4O)C(=O)O)cc3)nc2c(=O)[nH]1. The van der Waals surface area contributed by atoms with Gasteiger partial charge in [0, 0.05) is 24.1 Å². The number of amides is 2. The van der Waals surface area contributed by atoms with Crippen LogP contribution >= 0.6 is 0 Å². The zero-order valence-electron chi connectivity index (χ0n) is 20.3. The summed E-state index contributed by atoms with van der Waals surface area (Å²) in [5, 5.41) is 25.0. The molecule has 0 spiro atoms. The molecule has 3 heterocycles. The molecule has 0 radical (unpaired) electrons. The van der Waals surface area contributed by atoms with Crippen LogP contribution in [0.4, 0.5) is 11.6 Å². The molecule has 2 aromatic heterocycles. The first kappa shape index (κ1) is 26.9. The number of anilines is 2. The zero-order valence-corrected chi connectivity index (χ0v) is 20.3. The van der Waals surface area contributed by atoms with E-state index >= 15 is 0 Å². The van der Waals surface area contributed by atoms with E-state index in [9.17, 15) is 34.2 Å². The molecule has 3 aromatic rings. The summed E-state index contributed by atoms with van der Waals surface area (Å²) in [5.41, 5.74) is 6.36. The zero-order chi connectivity index (χ0) is 28.1. The number of aromatic amines is 1. The van der Waals surface area contributed by atoms with Gasteiger partial charge in [-0.05, 0) is 30.7 Å². The summed E-state index contributed by atoms with van der Waals surface area (Å²) < 4.78 is 0. The fourth-order valence-electron chi connectivity index (χ4n) is 3.66. The van der Waals surface area contributed by atoms with Crippen LogP contribution in [-0.2, 0) is 25.8 Å². The van der Waals surface area contributed by atoms with E-state index in [4.69, 9.17) is 10.6 Å². The molecule has 0 aliphatic carbocycles. The van der Waals surface area contributed by atoms with E-state index in [1.165, 1.54) is 18.3 Å². The summed E-state index contributed by atoms with van der Waals surface area (Å²) in [4.78, 5) is 79.1. The quantitative estimate of drug-likeness (QED) is 0.186. The Hall–Kier alpha value is -5.12. The van der Waals surface area contributed by atoms with E-state index in [1.807, 2.05) is 0 Å². The molecule has 4 rings (SSSR count). The highest BCUT2D eigenvalue weighted by Gasteiger charge is 2.33. The number of fused-ring (bicyclic) bond motifs is 1. The number of carboxylic acid groups (broad SMARTS) is 1. The number of hydrogen-bond acceptors (Lipinski definition) is 12. The second-order valence-corrected chi connectivity index (χ2v) is 8.52. The van der Waals surface area contributed by atoms with E-state index in [0.717, 1.165) is 0 Å². The van der Waals surface area contributed by atoms with Gasteiger partial charge in [-0.1, -0.05) is 0 Å². The molecule has 7 N–H and O–H groups in total. The summed E-state index contributed by atoms with van der Waals surface area (Å²) in [6.07, 6.45) is -0.353. The predicted octanol–water partition coefficient (Wildman–Crippen LogP) is -0.730. The largest absolute Gasteiger partial charge is 0.480 e. The lowest BCUT2D eigenvalue weighted by Crippen LogP contribution is -2.41. The lowest BCUT2D eigenvalue weighted by Gasteiger charge is -2.19. The van der Waals surface area contributed by atoms with Gasteiger partial charge >= 0.3 is 11.9 Å². The van der Waals surface area contributed by atoms with Gasteiger partial charge in [0.15, 0.2) is 17.4 Å². The Morgan fingerprint density at radius 3 is 2.62 bits per heavy atom. The second-order valence-electron chi connectivity index (χ2n) is 8.52. The van der Waals surface area contributed by atoms with Crippen LogP contribution in [0.1, 0.15) is 41.7 Å². The van der Waals surface area contributed by atoms with Crippen LogP contribution in [0.3, 0.4) is 0 Å². The van der Waals surface area contributed by atoms with Gasteiger partial charge < -0.3 is 31.4 Å². The molecule has 1 aromatic carbocycles. The number of benzene rings is 1. The first-order valence-corrected chi connectivity index (χ1v) is 11.7. The monoisotopic (exact) mass is 540 g/mol. The molecule has 16 heteroatoms. The molecular formula is C23H24N8O8. The number of carbonyl (C=O) groups excluding carboxylic acids is 3. The maximum atomic E-state index is 12.6. The van der Waals surface area contributed by atoms with Gasteiger partial charge in [-0.3, -0.25) is 19.4 Å². The fraction of sp³-hybridized carbons (Fsp3) is 0.304. The van der Waals surface area contributed by atoms with E-state index in [2.05, 4.69) is 30.6 Å². The number of nitrogens with zero attached hydrogens (tertiary/aromatic N) is 4. The van der Waals surface area contributed by atoms with Crippen molar-refractivity contribution in [3.8, 4) is 0 Å². The fourth-order valence-corrected chi connectivity index (χ4v) is 3.66. The number of nitrogen functional groups attached to an aromatic ring is 1. The number of rotatable bonds is 10. The highest BCUT2D eigenvalue weighted by atomic mass is 16.7. The Morgan fingerprint density at radius 1 is 1.21 bits per heavy atom. The molecule has 2 amide bonds. The van der Waals surface area contributed by atoms with Crippen LogP contribution in [0, 0.1) is 0 Å². The molecule has 1 saturated heterocycles. The average Bonchev–Trinajstić information content (AvgIpc) is 3.22. The summed E-state index contributed by atoms with van der Waals surface area (Å²) in [6.45, 7) is 0.204. The topological polar surface area (TPSA) is 243 Å². The average molecular weight is 540 g/mol. The first-order chi connectivity index (χ1) is 18.6. The van der Waals surface area contributed by atoms with Crippen LogP contribution in [0.2, 0.25) is 0 Å². The number of carbonyl (C=O) groups is 4. The van der Waals surface area contributed by atoms with Crippen molar-refractivity contribution in [1.82, 2.24) is 30.3 Å². The van der Waals surface area contributed by atoms with Crippen LogP contribution in [0.5, 0.6) is 0 Å². The van der Waals surface area contributed by atoms with Crippen molar-refractivity contribution in [2.24, 2.45) is 0 Å². The maximum absolute atomic E-state index is 12.6. The summed E-state index contributed by atoms with van der Waals surface area (Å²) in [5.74, 6) is -3.58. The normalized spacial score (nSPS) is 15.7. The number of hydrogen-bond donors (Lipinski definition) is 6. The highest BCUT2D eigenvalue weighted by molar-refractivity contribution is 5.97. The maximum Gasteiger partial charge on any atom is 0.332 e. The minimum Gasteiger partial charge on any atom is -0.480 e. The summed E-state index contributed by atoms with van der Waals surface area (Å²) in [6, 6.07) is 4.71. The lowest BCUT2D eigenvalue weighted by atomic mass is 10.1. The number of nitrogens with two attached hydrogens (primary N) is 1. The van der Waals surface area contributed by atoms with Crippen molar-refractivity contribution in [2.45, 2.75) is 44.5 Å². The molecular weight excluding hydrogens is 516 g/mol. The van der Waals surface area contributed by atoms with Crippen molar-refractivity contribution >= 4 is 46.6 Å². The Kier molecular flexibility index (Phi) is 7.95. The van der Waals surface area contributed by atoms with Gasteiger partial charge in [0.25, 0.3) is 17.4 Å². The van der Waals surface area contributed by atoms with E-state index in [0.29, 0.717) is 16.4 Å². The number of H-pyrrole nitrogens is 1. The molecule has 1 unspecified atom stereocenters. The lowest BCUT2D eigenvalue weighted by molar-refractivity contribution is -0.220. The van der Waals surface area contributed by atoms with Gasteiger partial charge in [-0.2, -0.15) is 4.98 Å². The van der Waals surface area contributed by atoms with Gasteiger partial charge in [0.2, 0.25) is 5.95 Å². The molecule has 204 valence electrons. The van der Waals surface area contributed by atoms with Crippen LogP contribution in [-0.4, -0.2) is 71.2 Å². The van der Waals surface area contributed by atoms with Crippen molar-refractivity contribution in [1.29, 1.82) is 0 Å². The third kappa shape index (κ3) is 6.61. The van der Waals surface area contributed by atoms with Gasteiger partial charge in [0.05, 0.1) is 24.9 Å². The van der Waals surface area contributed by atoms with Crippen LogP contribution < -0.4 is 21.9 Å². The summed E-state index contributed by atoms with van der Waals surface area (Å²) in [7, 11) is 0. The van der Waals surface area contributed by atoms with Crippen molar-refractivity contribution in [3.63, 3.8) is 0 Å². The first-order valence-electron chi connectivity index (χ1n) is 11.7. The number of aliphatic hydroxyl groups excluding tert-OH is 1. The Bertz CT molecular complexity index is 1480. The molecule has 1 fully saturated rings. The molecule has 16 nitrogen and oxygen atoms in total. The van der Waals surface area contributed by atoms with Gasteiger partial charge in [-0.15, -0.1) is 5.06 Å². The molecule has 39 heavy (non-hydrogen) atoms. The third-order valence-corrected chi connectivity index (χ3v) is 5.68. The Balaban J connectivity index is 1.30. The summed E-state index contributed by atoms with van der Waals surface area (Å²) >= 11 is 0. The number of aliphatic hydroxyl groups is 1. The van der Waals surface area contributed by atoms with Gasteiger partial charge in [0.1, 0.15) is 6.04 Å². The number of aromatic nitrogens is 4. The minimum atomic E-state index is -1.40. The van der Waals surface area contributed by atoms with Crippen molar-refractivity contribution in [2.75, 3.05) is 11.1 Å². The van der Waals surface area contributed by atoms with E-state index in [1.54, 1.807) is 12.1 Å². The van der Waals surface area contributed by atoms with Crippen molar-refractivity contribution < 1.29 is 34.2 Å². The Labute approximate surface area is 219 Å². The number of aliphatic carboxylic acids is 1. The second kappa shape index (κ2) is 11.5. The van der Waals surface area contributed by atoms with Crippen LogP contribution in [0.15, 0.2) is 35.3 Å². The molecule has 1 aliphatic rings. The number of hydroxylamine groups is 2. The minimum absolute atomic E-state index is 0.0306. The predicted molar refractivity (Wildman–Crippen MR) is 132 cm³/mol. The Morgan fingerprint density at radius 2 is 1.95 bits per heavy atom. The van der Waals surface area contributed by atoms with Crippen molar-refractivity contribution in [3.05, 3.63) is 52.1 Å². The highest BCUT2D eigenvalue weighted by Crippen LogP contribution is 2.18. The standard InChI is InChI=1S/C23H24N8O8/c24-23-29-19-18(21(36)30-23)27-13(10-26-19)9-25-12-3-1-11(2-4-12)20(35)28-14(22(37)38)5-8-17(34)39-31-15(32)6-7-16(31)33/h1-4,10,14-15,25,32H,5-9H2,(H,28,35)(H,37,38)(H3,24,26,29,30,36)/t14-,15?/m0/s1. The van der Waals surface area contributed by atoms with E-state index in [-0.39, 0.29) is 48.5 Å². The smallest absolute Gasteiger partial charge is 0.332 e. The third-order valence-electron chi connectivity index (χ3n) is 5.68. The van der Waals surface area contributed by atoms with Crippen LogP contribution in [0.25, 0.3) is 11.2 Å². The number of carboxylic acids is 1. The molecule has 2 atom stereocenters.